The number of amides is 1. The summed E-state index contributed by atoms with van der Waals surface area (Å²) in [5, 5.41) is 0. The molecule has 0 aromatic heterocycles. The van der Waals surface area contributed by atoms with Gasteiger partial charge >= 0.3 is 0 Å². The molecule has 1 aromatic rings. The van der Waals surface area contributed by atoms with Gasteiger partial charge < -0.3 is 10.5 Å². The Morgan fingerprint density at radius 3 is 3.00 bits per heavy atom. The van der Waals surface area contributed by atoms with Crippen molar-refractivity contribution in [3.05, 3.63) is 34.1 Å². The second-order valence-corrected chi connectivity index (χ2v) is 5.45. The lowest BCUT2D eigenvalue weighted by atomic mass is 10.1. The maximum atomic E-state index is 13.8. The van der Waals surface area contributed by atoms with Crippen molar-refractivity contribution in [1.82, 2.24) is 4.90 Å². The zero-order valence-corrected chi connectivity index (χ0v) is 12.2. The van der Waals surface area contributed by atoms with Crippen molar-refractivity contribution in [2.75, 3.05) is 13.2 Å². The molecule has 0 bridgehead atoms. The summed E-state index contributed by atoms with van der Waals surface area (Å²) in [4.78, 5) is 13.4. The number of ether oxygens (including phenoxy) is 1. The second kappa shape index (κ2) is 5.98. The van der Waals surface area contributed by atoms with E-state index in [0.717, 1.165) is 0 Å². The Morgan fingerprint density at radius 1 is 1.63 bits per heavy atom. The molecule has 0 spiro atoms. The lowest BCUT2D eigenvalue weighted by Gasteiger charge is -2.38. The van der Waals surface area contributed by atoms with Crippen LogP contribution in [0.2, 0.25) is 0 Å². The summed E-state index contributed by atoms with van der Waals surface area (Å²) in [7, 11) is 0. The van der Waals surface area contributed by atoms with Crippen molar-refractivity contribution in [1.29, 1.82) is 0 Å². The van der Waals surface area contributed by atoms with E-state index in [4.69, 9.17) is 10.5 Å². The van der Waals surface area contributed by atoms with Crippen molar-refractivity contribution in [3.8, 4) is 0 Å². The van der Waals surface area contributed by atoms with E-state index in [9.17, 15) is 9.18 Å². The van der Waals surface area contributed by atoms with Gasteiger partial charge in [-0.15, -0.1) is 0 Å². The van der Waals surface area contributed by atoms with E-state index in [2.05, 4.69) is 15.9 Å². The van der Waals surface area contributed by atoms with Gasteiger partial charge in [-0.3, -0.25) is 9.69 Å². The number of benzene rings is 1. The van der Waals surface area contributed by atoms with Crippen LogP contribution >= 0.6 is 15.9 Å². The predicted octanol–water partition coefficient (Wildman–Crippen LogP) is 1.66. The summed E-state index contributed by atoms with van der Waals surface area (Å²) >= 11 is 3.33. The Morgan fingerprint density at radius 2 is 2.37 bits per heavy atom. The average molecular weight is 331 g/mol. The van der Waals surface area contributed by atoms with Gasteiger partial charge in [-0.05, 0) is 19.1 Å². The molecule has 6 heteroatoms. The van der Waals surface area contributed by atoms with E-state index in [-0.39, 0.29) is 11.9 Å². The van der Waals surface area contributed by atoms with Crippen LogP contribution in [-0.4, -0.2) is 36.1 Å². The van der Waals surface area contributed by atoms with Crippen LogP contribution in [0.25, 0.3) is 0 Å². The number of rotatable bonds is 3. The minimum atomic E-state index is -0.528. The molecule has 1 aromatic carbocycles. The molecule has 1 heterocycles. The van der Waals surface area contributed by atoms with Crippen molar-refractivity contribution in [3.63, 3.8) is 0 Å². The van der Waals surface area contributed by atoms with E-state index < -0.39 is 11.9 Å². The molecule has 19 heavy (non-hydrogen) atoms. The van der Waals surface area contributed by atoms with Crippen LogP contribution in [0.15, 0.2) is 22.7 Å². The molecule has 0 saturated carbocycles. The molecule has 2 rings (SSSR count). The van der Waals surface area contributed by atoms with Crippen molar-refractivity contribution < 1.29 is 13.9 Å². The maximum absolute atomic E-state index is 13.8. The topological polar surface area (TPSA) is 55.6 Å². The summed E-state index contributed by atoms with van der Waals surface area (Å²) < 4.78 is 19.9. The Hall–Kier alpha value is -0.980. The van der Waals surface area contributed by atoms with Gasteiger partial charge in [-0.2, -0.15) is 0 Å². The van der Waals surface area contributed by atoms with Gasteiger partial charge in [0.15, 0.2) is 0 Å². The summed E-state index contributed by atoms with van der Waals surface area (Å²) in [6, 6.07) is 4.29. The molecule has 1 aliphatic rings. The fourth-order valence-electron chi connectivity index (χ4n) is 2.36. The third-order valence-corrected chi connectivity index (χ3v) is 4.05. The molecule has 0 radical (unpaired) electrons. The highest BCUT2D eigenvalue weighted by atomic mass is 79.9. The van der Waals surface area contributed by atoms with Crippen LogP contribution in [0.1, 0.15) is 12.5 Å². The first kappa shape index (κ1) is 14.4. The number of morpholine rings is 1. The molecule has 1 fully saturated rings. The highest BCUT2D eigenvalue weighted by Crippen LogP contribution is 2.24. The van der Waals surface area contributed by atoms with Crippen molar-refractivity contribution in [2.45, 2.75) is 25.6 Å². The van der Waals surface area contributed by atoms with Crippen LogP contribution in [0.4, 0.5) is 4.39 Å². The van der Waals surface area contributed by atoms with Gasteiger partial charge in [-0.25, -0.2) is 4.39 Å². The fraction of sp³-hybridized carbons (Fsp3) is 0.462. The Labute approximate surface area is 119 Å². The van der Waals surface area contributed by atoms with Gasteiger partial charge in [0.1, 0.15) is 11.9 Å². The minimum Gasteiger partial charge on any atom is -0.375 e. The van der Waals surface area contributed by atoms with Crippen LogP contribution in [0, 0.1) is 5.82 Å². The van der Waals surface area contributed by atoms with E-state index in [1.54, 1.807) is 19.1 Å². The third-order valence-electron chi connectivity index (χ3n) is 3.31. The number of primary amides is 1. The lowest BCUT2D eigenvalue weighted by Crippen LogP contribution is -2.56. The Kier molecular flexibility index (Phi) is 4.54. The van der Waals surface area contributed by atoms with Crippen LogP contribution in [0.5, 0.6) is 0 Å². The molecule has 104 valence electrons. The smallest absolute Gasteiger partial charge is 0.237 e. The van der Waals surface area contributed by atoms with Crippen LogP contribution in [-0.2, 0) is 16.1 Å². The maximum Gasteiger partial charge on any atom is 0.237 e. The zero-order valence-electron chi connectivity index (χ0n) is 10.6. The monoisotopic (exact) mass is 330 g/mol. The minimum absolute atomic E-state index is 0.281. The van der Waals surface area contributed by atoms with Gasteiger partial charge in [0, 0.05) is 23.1 Å². The molecule has 1 aliphatic heterocycles. The first-order valence-electron chi connectivity index (χ1n) is 6.08. The number of hydrogen-bond donors (Lipinski definition) is 1. The summed E-state index contributed by atoms with van der Waals surface area (Å²) in [5.74, 6) is -0.739. The van der Waals surface area contributed by atoms with E-state index in [1.165, 1.54) is 6.07 Å². The molecule has 0 unspecified atom stereocenters. The fourth-order valence-corrected chi connectivity index (χ4v) is 2.83. The zero-order chi connectivity index (χ0) is 14.0. The van der Waals surface area contributed by atoms with Gasteiger partial charge in [0.25, 0.3) is 0 Å². The molecule has 2 N–H and O–H groups in total. The summed E-state index contributed by atoms with van der Waals surface area (Å²) in [5.41, 5.74) is 5.94. The summed E-state index contributed by atoms with van der Waals surface area (Å²) in [6.45, 7) is 3.20. The van der Waals surface area contributed by atoms with Crippen LogP contribution < -0.4 is 5.73 Å². The first-order chi connectivity index (χ1) is 9.00. The van der Waals surface area contributed by atoms with Crippen molar-refractivity contribution >= 4 is 21.8 Å². The number of nitrogens with two attached hydrogens (primary N) is 1. The molecule has 1 amide bonds. The lowest BCUT2D eigenvalue weighted by molar-refractivity contribution is -0.136. The average Bonchev–Trinajstić information content (AvgIpc) is 2.33. The van der Waals surface area contributed by atoms with E-state index >= 15 is 0 Å². The predicted molar refractivity (Wildman–Crippen MR) is 72.9 cm³/mol. The second-order valence-electron chi connectivity index (χ2n) is 4.59. The van der Waals surface area contributed by atoms with E-state index in [0.29, 0.717) is 29.7 Å². The Balaban J connectivity index is 2.23. The molecule has 4 nitrogen and oxygen atoms in total. The highest BCUT2D eigenvalue weighted by molar-refractivity contribution is 9.10. The van der Waals surface area contributed by atoms with Gasteiger partial charge in [-0.1, -0.05) is 22.0 Å². The molecule has 1 saturated heterocycles. The Bertz CT molecular complexity index is 463. The number of nitrogens with zero attached hydrogens (tertiary/aromatic N) is 1. The largest absolute Gasteiger partial charge is 0.375 e. The number of halogens is 2. The summed E-state index contributed by atoms with van der Waals surface area (Å²) in [6.07, 6.45) is -0.281. The van der Waals surface area contributed by atoms with E-state index in [1.807, 2.05) is 4.90 Å². The highest BCUT2D eigenvalue weighted by Gasteiger charge is 2.34. The molecular weight excluding hydrogens is 315 g/mol. The first-order valence-corrected chi connectivity index (χ1v) is 6.88. The molecular formula is C13H16BrFN2O2. The number of carbonyl (C=O) groups is 1. The standard InChI is InChI=1S/C13H16BrFN2O2/c1-8-12(13(16)18)17(5-6-19-8)7-9-10(14)3-2-4-11(9)15/h2-4,8,12H,5-7H2,1H3,(H2,16,18)/t8-,12+/m1/s1. The number of carbonyl (C=O) groups excluding carboxylic acids is 1. The van der Waals surface area contributed by atoms with Crippen LogP contribution in [0.3, 0.4) is 0 Å². The quantitative estimate of drug-likeness (QED) is 0.917. The molecule has 0 aliphatic carbocycles. The number of hydrogen-bond acceptors (Lipinski definition) is 3. The third kappa shape index (κ3) is 3.13. The SMILES string of the molecule is C[C@H]1OCCN(Cc2c(F)cccc2Br)[C@@H]1C(N)=O. The van der Waals surface area contributed by atoms with Crippen molar-refractivity contribution in [2.24, 2.45) is 5.73 Å². The normalized spacial score (nSPS) is 24.4. The molecule has 2 atom stereocenters. The van der Waals surface area contributed by atoms with Gasteiger partial charge in [0.2, 0.25) is 5.91 Å². The van der Waals surface area contributed by atoms with Gasteiger partial charge in [0.05, 0.1) is 12.7 Å².